The van der Waals surface area contributed by atoms with Gasteiger partial charge in [-0.05, 0) is 12.5 Å². The van der Waals surface area contributed by atoms with Crippen LogP contribution in [0.25, 0.3) is 0 Å². The highest BCUT2D eigenvalue weighted by molar-refractivity contribution is 5.27. The summed E-state index contributed by atoms with van der Waals surface area (Å²) in [5.74, 6) is -3.98. The standard InChI is InChI=1S/C11H14F3NO/c1-3-11(15,6-16-2)7-4-5-8(12)10(14)9(7)13/h4-5H,3,6,15H2,1-2H3. The van der Waals surface area contributed by atoms with Gasteiger partial charge in [-0.1, -0.05) is 13.0 Å². The van der Waals surface area contributed by atoms with E-state index >= 15 is 0 Å². The van der Waals surface area contributed by atoms with Crippen molar-refractivity contribution in [2.75, 3.05) is 13.7 Å². The van der Waals surface area contributed by atoms with Crippen LogP contribution in [0.15, 0.2) is 12.1 Å². The monoisotopic (exact) mass is 233 g/mol. The Kier molecular flexibility index (Phi) is 3.93. The second kappa shape index (κ2) is 4.84. The fourth-order valence-electron chi connectivity index (χ4n) is 1.54. The van der Waals surface area contributed by atoms with Gasteiger partial charge in [0.15, 0.2) is 17.5 Å². The molecular weight excluding hydrogens is 219 g/mol. The summed E-state index contributed by atoms with van der Waals surface area (Å²) in [6.07, 6.45) is 0.350. The number of halogens is 3. The number of methoxy groups -OCH3 is 1. The molecule has 0 radical (unpaired) electrons. The Bertz CT molecular complexity index is 384. The summed E-state index contributed by atoms with van der Waals surface area (Å²) < 4.78 is 44.2. The van der Waals surface area contributed by atoms with Crippen LogP contribution in [-0.2, 0) is 10.3 Å². The largest absolute Gasteiger partial charge is 0.382 e. The van der Waals surface area contributed by atoms with E-state index in [9.17, 15) is 13.2 Å². The molecule has 2 N–H and O–H groups in total. The molecule has 0 saturated carbocycles. The molecule has 1 unspecified atom stereocenters. The zero-order valence-corrected chi connectivity index (χ0v) is 9.19. The van der Waals surface area contributed by atoms with Gasteiger partial charge in [0.2, 0.25) is 0 Å². The Labute approximate surface area is 92.2 Å². The van der Waals surface area contributed by atoms with E-state index in [1.165, 1.54) is 7.11 Å². The number of hydrogen-bond donors (Lipinski definition) is 1. The molecule has 0 saturated heterocycles. The van der Waals surface area contributed by atoms with Crippen LogP contribution in [0.5, 0.6) is 0 Å². The van der Waals surface area contributed by atoms with E-state index in [4.69, 9.17) is 10.5 Å². The zero-order chi connectivity index (χ0) is 12.3. The molecule has 5 heteroatoms. The summed E-state index contributed by atoms with van der Waals surface area (Å²) in [6, 6.07) is 2.01. The van der Waals surface area contributed by atoms with Gasteiger partial charge >= 0.3 is 0 Å². The van der Waals surface area contributed by atoms with Crippen LogP contribution in [0.3, 0.4) is 0 Å². The van der Waals surface area contributed by atoms with Crippen LogP contribution in [0, 0.1) is 17.5 Å². The van der Waals surface area contributed by atoms with Crippen molar-refractivity contribution in [3.63, 3.8) is 0 Å². The molecule has 0 spiro atoms. The number of rotatable bonds is 4. The molecule has 0 bridgehead atoms. The first-order valence-corrected chi connectivity index (χ1v) is 4.88. The fourth-order valence-corrected chi connectivity index (χ4v) is 1.54. The summed E-state index contributed by atoms with van der Waals surface area (Å²) in [6.45, 7) is 1.76. The zero-order valence-electron chi connectivity index (χ0n) is 9.19. The molecule has 1 aromatic carbocycles. The molecule has 1 atom stereocenters. The topological polar surface area (TPSA) is 35.2 Å². The molecule has 16 heavy (non-hydrogen) atoms. The molecule has 0 aliphatic carbocycles. The Hall–Kier alpha value is -1.07. The molecule has 0 amide bonds. The lowest BCUT2D eigenvalue weighted by atomic mass is 9.88. The van der Waals surface area contributed by atoms with Gasteiger partial charge in [0, 0.05) is 12.7 Å². The highest BCUT2D eigenvalue weighted by atomic mass is 19.2. The van der Waals surface area contributed by atoms with Crippen molar-refractivity contribution in [2.24, 2.45) is 5.73 Å². The van der Waals surface area contributed by atoms with E-state index in [1.54, 1.807) is 6.92 Å². The predicted octanol–water partition coefficient (Wildman–Crippen LogP) is 2.31. The molecule has 0 heterocycles. The van der Waals surface area contributed by atoms with Gasteiger partial charge in [-0.25, -0.2) is 13.2 Å². The maximum Gasteiger partial charge on any atom is 0.194 e. The minimum Gasteiger partial charge on any atom is -0.382 e. The van der Waals surface area contributed by atoms with Crippen molar-refractivity contribution in [1.29, 1.82) is 0 Å². The maximum absolute atomic E-state index is 13.5. The maximum atomic E-state index is 13.5. The molecular formula is C11H14F3NO. The van der Waals surface area contributed by atoms with Crippen LogP contribution in [0.2, 0.25) is 0 Å². The van der Waals surface area contributed by atoms with Crippen molar-refractivity contribution >= 4 is 0 Å². The Morgan fingerprint density at radius 1 is 1.25 bits per heavy atom. The first kappa shape index (κ1) is 13.0. The van der Waals surface area contributed by atoms with Crippen molar-refractivity contribution < 1.29 is 17.9 Å². The SMILES string of the molecule is CCC(N)(COC)c1ccc(F)c(F)c1F. The first-order valence-electron chi connectivity index (χ1n) is 4.88. The quantitative estimate of drug-likeness (QED) is 0.810. The van der Waals surface area contributed by atoms with Gasteiger partial charge in [0.25, 0.3) is 0 Å². The lowest BCUT2D eigenvalue weighted by Crippen LogP contribution is -2.41. The first-order chi connectivity index (χ1) is 7.46. The third-order valence-electron chi connectivity index (χ3n) is 2.60. The summed E-state index contributed by atoms with van der Waals surface area (Å²) in [4.78, 5) is 0. The third kappa shape index (κ3) is 2.20. The van der Waals surface area contributed by atoms with Crippen LogP contribution in [-0.4, -0.2) is 13.7 Å². The summed E-state index contributed by atoms with van der Waals surface area (Å²) >= 11 is 0. The third-order valence-corrected chi connectivity index (χ3v) is 2.60. The molecule has 0 aliphatic heterocycles. The molecule has 0 aliphatic rings. The van der Waals surface area contributed by atoms with Gasteiger partial charge in [-0.15, -0.1) is 0 Å². The van der Waals surface area contributed by atoms with E-state index in [0.29, 0.717) is 6.42 Å². The van der Waals surface area contributed by atoms with Crippen molar-refractivity contribution in [3.05, 3.63) is 35.1 Å². The lowest BCUT2D eigenvalue weighted by Gasteiger charge is -2.28. The van der Waals surface area contributed by atoms with E-state index < -0.39 is 23.0 Å². The highest BCUT2D eigenvalue weighted by Crippen LogP contribution is 2.27. The molecule has 0 fully saturated rings. The summed E-state index contributed by atoms with van der Waals surface area (Å²) in [5.41, 5.74) is 4.68. The predicted molar refractivity (Wildman–Crippen MR) is 54.3 cm³/mol. The van der Waals surface area contributed by atoms with Gasteiger partial charge < -0.3 is 10.5 Å². The number of benzene rings is 1. The average Bonchev–Trinajstić information content (AvgIpc) is 2.26. The van der Waals surface area contributed by atoms with Crippen LogP contribution in [0.4, 0.5) is 13.2 Å². The minimum atomic E-state index is -1.50. The molecule has 1 rings (SSSR count). The second-order valence-electron chi connectivity index (χ2n) is 3.67. The smallest absolute Gasteiger partial charge is 0.194 e. The molecule has 0 aromatic heterocycles. The Balaban J connectivity index is 3.26. The van der Waals surface area contributed by atoms with Gasteiger partial charge in [0.05, 0.1) is 12.1 Å². The Morgan fingerprint density at radius 3 is 2.38 bits per heavy atom. The summed E-state index contributed by atoms with van der Waals surface area (Å²) in [5, 5.41) is 0. The fraction of sp³-hybridized carbons (Fsp3) is 0.455. The average molecular weight is 233 g/mol. The van der Waals surface area contributed by atoms with Crippen LogP contribution < -0.4 is 5.73 Å². The van der Waals surface area contributed by atoms with Crippen molar-refractivity contribution in [3.8, 4) is 0 Å². The lowest BCUT2D eigenvalue weighted by molar-refractivity contribution is 0.126. The van der Waals surface area contributed by atoms with Crippen LogP contribution >= 0.6 is 0 Å². The van der Waals surface area contributed by atoms with Gasteiger partial charge in [-0.3, -0.25) is 0 Å². The van der Waals surface area contributed by atoms with Crippen LogP contribution in [0.1, 0.15) is 18.9 Å². The van der Waals surface area contributed by atoms with E-state index in [-0.39, 0.29) is 12.2 Å². The number of nitrogens with two attached hydrogens (primary N) is 1. The normalized spacial score (nSPS) is 14.9. The highest BCUT2D eigenvalue weighted by Gasteiger charge is 2.30. The van der Waals surface area contributed by atoms with Crippen molar-refractivity contribution in [2.45, 2.75) is 18.9 Å². The van der Waals surface area contributed by atoms with Crippen molar-refractivity contribution in [1.82, 2.24) is 0 Å². The molecule has 90 valence electrons. The van der Waals surface area contributed by atoms with Gasteiger partial charge in [0.1, 0.15) is 0 Å². The summed E-state index contributed by atoms with van der Waals surface area (Å²) in [7, 11) is 1.41. The van der Waals surface area contributed by atoms with E-state index in [0.717, 1.165) is 12.1 Å². The minimum absolute atomic E-state index is 0.0332. The molecule has 2 nitrogen and oxygen atoms in total. The molecule has 1 aromatic rings. The van der Waals surface area contributed by atoms with Gasteiger partial charge in [-0.2, -0.15) is 0 Å². The van der Waals surface area contributed by atoms with E-state index in [1.807, 2.05) is 0 Å². The number of hydrogen-bond acceptors (Lipinski definition) is 2. The van der Waals surface area contributed by atoms with E-state index in [2.05, 4.69) is 0 Å². The second-order valence-corrected chi connectivity index (χ2v) is 3.67. The number of ether oxygens (including phenoxy) is 1. The Morgan fingerprint density at radius 2 is 1.88 bits per heavy atom.